The van der Waals surface area contributed by atoms with Crippen LogP contribution in [0, 0.1) is 0 Å². The van der Waals surface area contributed by atoms with Gasteiger partial charge >= 0.3 is 47.3 Å². The molecule has 0 amide bonds. The quantitative estimate of drug-likeness (QED) is 0.130. The van der Waals surface area contributed by atoms with E-state index in [1.165, 1.54) is 13.1 Å². The number of alkyl halides is 17. The zero-order chi connectivity index (χ0) is 28.4. The molecule has 0 heterocycles. The van der Waals surface area contributed by atoms with Crippen molar-refractivity contribution in [3.63, 3.8) is 0 Å². The highest BCUT2D eigenvalue weighted by Crippen LogP contribution is 2.65. The minimum absolute atomic E-state index is 0.0156. The Kier molecular flexibility index (Phi) is 8.65. The fourth-order valence-corrected chi connectivity index (χ4v) is 9.62. The van der Waals surface area contributed by atoms with Crippen LogP contribution >= 0.6 is 22.2 Å². The van der Waals surface area contributed by atoms with E-state index in [-0.39, 0.29) is 6.55 Å². The van der Waals surface area contributed by atoms with Crippen LogP contribution in [0.25, 0.3) is 0 Å². The molecule has 0 saturated carbocycles. The molecular weight excluding hydrogens is 606 g/mol. The Balaban J connectivity index is 6.77. The maximum absolute atomic E-state index is 14.3. The molecule has 0 saturated heterocycles. The SMILES string of the molecule is C[Si](C)(Cl)CC[Si](C)(Cl)C(F)(F)C(F)(F)C(F)(F)C(F)(F)C(F)(F)C(F)(F)C(F)(F)C(F)(F)F. The van der Waals surface area contributed by atoms with Gasteiger partial charge in [-0.2, -0.15) is 88.0 Å². The summed E-state index contributed by atoms with van der Waals surface area (Å²) < 4.78 is 226. The molecule has 0 N–H and O–H groups in total. The molecule has 0 aromatic carbocycles. The molecule has 1 unspecified atom stereocenters. The average molecular weight is 619 g/mol. The van der Waals surface area contributed by atoms with E-state index < -0.39 is 74.1 Å². The Bertz CT molecular complexity index is 739. The fraction of sp³-hybridized carbons (Fsp3) is 1.00. The van der Waals surface area contributed by atoms with E-state index in [0.717, 1.165) is 0 Å². The van der Waals surface area contributed by atoms with Gasteiger partial charge in [-0.3, -0.25) is 0 Å². The van der Waals surface area contributed by atoms with E-state index >= 15 is 0 Å². The van der Waals surface area contributed by atoms with Gasteiger partial charge in [0.2, 0.25) is 7.38 Å². The van der Waals surface area contributed by atoms with Crippen molar-refractivity contribution >= 4 is 36.9 Å². The predicted molar refractivity (Wildman–Crippen MR) is 91.1 cm³/mol. The first-order chi connectivity index (χ1) is 14.2. The molecule has 206 valence electrons. The molecule has 0 bridgehead atoms. The predicted octanol–water partition coefficient (Wildman–Crippen LogP) is 8.79. The van der Waals surface area contributed by atoms with E-state index in [1.54, 1.807) is 0 Å². The number of hydrogen-bond donors (Lipinski definition) is 0. The number of hydrogen-bond acceptors (Lipinski definition) is 0. The average Bonchev–Trinajstić information content (AvgIpc) is 2.57. The Morgan fingerprint density at radius 3 is 0.971 bits per heavy atom. The van der Waals surface area contributed by atoms with E-state index in [2.05, 4.69) is 0 Å². The minimum atomic E-state index is -8.64. The van der Waals surface area contributed by atoms with Crippen molar-refractivity contribution in [2.45, 2.75) is 79.0 Å². The summed E-state index contributed by atoms with van der Waals surface area (Å²) in [5, 5.41) is 0. The summed E-state index contributed by atoms with van der Waals surface area (Å²) in [7, 11) is -8.75. The van der Waals surface area contributed by atoms with Crippen LogP contribution in [-0.4, -0.2) is 62.0 Å². The molecule has 0 fully saturated rings. The largest absolute Gasteiger partial charge is 0.460 e. The van der Waals surface area contributed by atoms with Gasteiger partial charge in [0.25, 0.3) is 0 Å². The summed E-state index contributed by atoms with van der Waals surface area (Å²) in [5.41, 5.74) is -6.52. The third-order valence-electron chi connectivity index (χ3n) is 4.57. The Morgan fingerprint density at radius 1 is 0.441 bits per heavy atom. The van der Waals surface area contributed by atoms with Crippen LogP contribution in [-0.2, 0) is 0 Å². The van der Waals surface area contributed by atoms with Crippen molar-refractivity contribution in [2.24, 2.45) is 0 Å². The highest BCUT2D eigenvalue weighted by molar-refractivity contribution is 7.23. The molecule has 0 rings (SSSR count). The first-order valence-corrected chi connectivity index (χ1v) is 16.2. The fourth-order valence-electron chi connectivity index (χ4n) is 2.18. The maximum atomic E-state index is 14.3. The normalized spacial score (nSPS) is 18.2. The molecule has 0 radical (unpaired) electrons. The molecule has 0 aromatic rings. The lowest BCUT2D eigenvalue weighted by Crippen LogP contribution is -2.76. The van der Waals surface area contributed by atoms with Gasteiger partial charge < -0.3 is 0 Å². The molecule has 34 heavy (non-hydrogen) atoms. The molecule has 0 aromatic heterocycles. The smallest absolute Gasteiger partial charge is 0.203 e. The van der Waals surface area contributed by atoms with Crippen molar-refractivity contribution < 1.29 is 74.6 Å². The summed E-state index contributed by atoms with van der Waals surface area (Å²) in [6, 6.07) is -1.96. The standard InChI is InChI=1S/C13H13Cl2F17Si2/c1-33(2,14)4-5-34(3,15)13(31,32)11(26,27)9(22,23)7(18,19)6(16,17)8(20,21)10(24,25)12(28,29)30/h4-5H2,1-3H3. The first-order valence-electron chi connectivity index (χ1n) is 8.30. The third-order valence-corrected chi connectivity index (χ3v) is 11.2. The summed E-state index contributed by atoms with van der Waals surface area (Å²) >= 11 is 10.9. The van der Waals surface area contributed by atoms with E-state index in [9.17, 15) is 74.6 Å². The van der Waals surface area contributed by atoms with Gasteiger partial charge in [-0.05, 0) is 12.1 Å². The molecule has 1 atom stereocenters. The van der Waals surface area contributed by atoms with E-state index in [1.807, 2.05) is 0 Å². The van der Waals surface area contributed by atoms with Crippen LogP contribution in [0.3, 0.4) is 0 Å². The Labute approximate surface area is 191 Å². The van der Waals surface area contributed by atoms with Crippen LogP contribution in [0.1, 0.15) is 0 Å². The lowest BCUT2D eigenvalue weighted by atomic mass is 9.91. The van der Waals surface area contributed by atoms with Crippen molar-refractivity contribution in [1.29, 1.82) is 0 Å². The monoisotopic (exact) mass is 618 g/mol. The molecule has 21 heteroatoms. The maximum Gasteiger partial charge on any atom is 0.460 e. The second-order valence-electron chi connectivity index (χ2n) is 7.93. The molecule has 0 aliphatic carbocycles. The summed E-state index contributed by atoms with van der Waals surface area (Å²) in [4.78, 5) is 0. The van der Waals surface area contributed by atoms with Gasteiger partial charge in [0.1, 0.15) is 7.38 Å². The Morgan fingerprint density at radius 2 is 0.706 bits per heavy atom. The lowest BCUT2D eigenvalue weighted by molar-refractivity contribution is -0.458. The van der Waals surface area contributed by atoms with E-state index in [0.29, 0.717) is 0 Å². The molecule has 0 spiro atoms. The van der Waals surface area contributed by atoms with Crippen molar-refractivity contribution in [2.75, 3.05) is 0 Å². The van der Waals surface area contributed by atoms with Gasteiger partial charge in [-0.1, -0.05) is 19.6 Å². The van der Waals surface area contributed by atoms with Gasteiger partial charge in [-0.15, -0.1) is 0 Å². The lowest BCUT2D eigenvalue weighted by Gasteiger charge is -2.45. The van der Waals surface area contributed by atoms with Gasteiger partial charge in [-0.25, -0.2) is 8.78 Å². The van der Waals surface area contributed by atoms with Crippen LogP contribution in [0.4, 0.5) is 74.6 Å². The van der Waals surface area contributed by atoms with E-state index in [4.69, 9.17) is 22.2 Å². The second-order valence-corrected chi connectivity index (χ2v) is 21.0. The summed E-state index contributed by atoms with van der Waals surface area (Å²) in [5.74, 6) is -50.0. The van der Waals surface area contributed by atoms with Crippen molar-refractivity contribution in [3.8, 4) is 0 Å². The van der Waals surface area contributed by atoms with Gasteiger partial charge in [0.15, 0.2) is 0 Å². The molecule has 0 nitrogen and oxygen atoms in total. The summed E-state index contributed by atoms with van der Waals surface area (Å²) in [6.07, 6.45) is -7.78. The minimum Gasteiger partial charge on any atom is -0.203 e. The van der Waals surface area contributed by atoms with Crippen LogP contribution in [0.2, 0.25) is 31.7 Å². The second kappa shape index (κ2) is 8.70. The highest BCUT2D eigenvalue weighted by atomic mass is 35.6. The zero-order valence-corrected chi connectivity index (χ0v) is 20.1. The van der Waals surface area contributed by atoms with Gasteiger partial charge in [0.05, 0.1) is 0 Å². The highest BCUT2D eigenvalue weighted by Gasteiger charge is 2.96. The first kappa shape index (κ1) is 33.8. The van der Waals surface area contributed by atoms with Gasteiger partial charge in [0, 0.05) is 0 Å². The van der Waals surface area contributed by atoms with Crippen LogP contribution in [0.15, 0.2) is 0 Å². The molecule has 0 aliphatic heterocycles. The number of rotatable bonds is 10. The molecular formula is C13H13Cl2F17Si2. The van der Waals surface area contributed by atoms with Crippen LogP contribution in [0.5, 0.6) is 0 Å². The molecule has 0 aliphatic rings. The van der Waals surface area contributed by atoms with Crippen molar-refractivity contribution in [1.82, 2.24) is 0 Å². The number of halogens is 19. The third kappa shape index (κ3) is 4.87. The van der Waals surface area contributed by atoms with Crippen molar-refractivity contribution in [3.05, 3.63) is 0 Å². The zero-order valence-electron chi connectivity index (χ0n) is 16.6. The Hall–Kier alpha value is -0.176. The summed E-state index contributed by atoms with van der Waals surface area (Å²) in [6.45, 7) is 2.40. The topological polar surface area (TPSA) is 0 Å². The van der Waals surface area contributed by atoms with Crippen LogP contribution < -0.4 is 0 Å².